The van der Waals surface area contributed by atoms with Crippen molar-refractivity contribution in [1.29, 1.82) is 0 Å². The van der Waals surface area contributed by atoms with Gasteiger partial charge in [-0.05, 0) is 74.1 Å². The highest BCUT2D eigenvalue weighted by molar-refractivity contribution is 9.10. The fraction of sp³-hybridized carbons (Fsp3) is 0.292. The number of hydrogen-bond acceptors (Lipinski definition) is 4. The van der Waals surface area contributed by atoms with Crippen LogP contribution < -0.4 is 5.32 Å². The number of rotatable bonds is 6. The highest BCUT2D eigenvalue weighted by Gasteiger charge is 2.41. The normalized spacial score (nSPS) is 18.0. The molecule has 2 aromatic heterocycles. The third-order valence-corrected chi connectivity index (χ3v) is 6.74. The number of esters is 1. The van der Waals surface area contributed by atoms with E-state index in [0.717, 1.165) is 32.8 Å². The third-order valence-electron chi connectivity index (χ3n) is 5.86. The SMILES string of the molecule is COC(=O)CCN1C(=S)N[C@@H](c2ccccn2)[C@@H]1c1cc(C)n(-c2ccc(Br)cc2)c1C. The van der Waals surface area contributed by atoms with E-state index in [0.29, 0.717) is 11.7 Å². The predicted molar refractivity (Wildman–Crippen MR) is 132 cm³/mol. The molecule has 8 heteroatoms. The molecule has 1 fully saturated rings. The zero-order valence-electron chi connectivity index (χ0n) is 18.2. The van der Waals surface area contributed by atoms with Crippen molar-refractivity contribution in [2.75, 3.05) is 13.7 Å². The number of benzene rings is 1. The molecule has 2 atom stereocenters. The summed E-state index contributed by atoms with van der Waals surface area (Å²) in [6, 6.07) is 16.1. The average molecular weight is 513 g/mol. The van der Waals surface area contributed by atoms with Crippen LogP contribution in [0.25, 0.3) is 5.69 Å². The van der Waals surface area contributed by atoms with Crippen LogP contribution in [-0.4, -0.2) is 39.2 Å². The van der Waals surface area contributed by atoms with Crippen LogP contribution in [0.15, 0.2) is 59.2 Å². The number of aryl methyl sites for hydroxylation is 1. The molecule has 1 aliphatic heterocycles. The van der Waals surface area contributed by atoms with E-state index < -0.39 is 0 Å². The van der Waals surface area contributed by atoms with Crippen molar-refractivity contribution in [3.05, 3.63) is 81.8 Å². The minimum Gasteiger partial charge on any atom is -0.469 e. The number of nitrogens with one attached hydrogen (secondary N) is 1. The summed E-state index contributed by atoms with van der Waals surface area (Å²) in [6.07, 6.45) is 2.05. The van der Waals surface area contributed by atoms with Gasteiger partial charge in [-0.15, -0.1) is 0 Å². The van der Waals surface area contributed by atoms with Gasteiger partial charge in [0.05, 0.1) is 31.3 Å². The lowest BCUT2D eigenvalue weighted by Crippen LogP contribution is -2.32. The first kappa shape index (κ1) is 22.5. The summed E-state index contributed by atoms with van der Waals surface area (Å²) in [4.78, 5) is 18.5. The lowest BCUT2D eigenvalue weighted by molar-refractivity contribution is -0.140. The molecule has 0 bridgehead atoms. The molecular weight excluding hydrogens is 488 g/mol. The largest absolute Gasteiger partial charge is 0.469 e. The Hall–Kier alpha value is -2.71. The van der Waals surface area contributed by atoms with Gasteiger partial charge >= 0.3 is 5.97 Å². The standard InChI is InChI=1S/C24H25BrN4O2S/c1-15-14-19(16(2)29(15)18-9-7-17(25)8-10-18)23-22(20-6-4-5-12-26-20)27-24(32)28(23)13-11-21(30)31-3/h4-10,12,14,22-23H,11,13H2,1-3H3,(H,27,32)/t22-,23-/m0/s1. The van der Waals surface area contributed by atoms with Crippen LogP contribution in [0.2, 0.25) is 0 Å². The lowest BCUT2D eigenvalue weighted by Gasteiger charge is -2.28. The molecule has 166 valence electrons. The molecule has 0 unspecified atom stereocenters. The number of thiocarbonyl (C=S) groups is 1. The molecule has 1 aliphatic rings. The van der Waals surface area contributed by atoms with Crippen molar-refractivity contribution in [3.8, 4) is 5.69 Å². The van der Waals surface area contributed by atoms with Gasteiger partial charge in [-0.3, -0.25) is 9.78 Å². The van der Waals surface area contributed by atoms with Gasteiger partial charge < -0.3 is 19.5 Å². The fourth-order valence-corrected chi connectivity index (χ4v) is 4.97. The first-order valence-corrected chi connectivity index (χ1v) is 11.6. The van der Waals surface area contributed by atoms with Gasteiger partial charge in [0.2, 0.25) is 0 Å². The van der Waals surface area contributed by atoms with E-state index in [1.807, 2.05) is 30.3 Å². The number of ether oxygens (including phenoxy) is 1. The first-order valence-electron chi connectivity index (χ1n) is 10.4. The number of pyridine rings is 1. The maximum absolute atomic E-state index is 11.9. The second-order valence-electron chi connectivity index (χ2n) is 7.78. The molecular formula is C24H25BrN4O2S. The molecule has 1 N–H and O–H groups in total. The van der Waals surface area contributed by atoms with E-state index in [2.05, 4.69) is 67.7 Å². The van der Waals surface area contributed by atoms with Gasteiger partial charge in [-0.1, -0.05) is 22.0 Å². The molecule has 0 amide bonds. The van der Waals surface area contributed by atoms with E-state index in [1.54, 1.807) is 6.20 Å². The van der Waals surface area contributed by atoms with Crippen LogP contribution >= 0.6 is 28.1 Å². The van der Waals surface area contributed by atoms with E-state index >= 15 is 0 Å². The van der Waals surface area contributed by atoms with E-state index in [9.17, 15) is 4.79 Å². The minimum atomic E-state index is -0.256. The van der Waals surface area contributed by atoms with Crippen LogP contribution in [-0.2, 0) is 9.53 Å². The summed E-state index contributed by atoms with van der Waals surface area (Å²) in [5, 5.41) is 4.05. The molecule has 6 nitrogen and oxygen atoms in total. The summed E-state index contributed by atoms with van der Waals surface area (Å²) >= 11 is 9.21. The predicted octanol–water partition coefficient (Wildman–Crippen LogP) is 4.79. The number of halogens is 1. The molecule has 1 saturated heterocycles. The molecule has 0 spiro atoms. The van der Waals surface area contributed by atoms with E-state index in [4.69, 9.17) is 17.0 Å². The Kier molecular flexibility index (Phi) is 6.62. The second-order valence-corrected chi connectivity index (χ2v) is 9.09. The smallest absolute Gasteiger partial charge is 0.307 e. The fourth-order valence-electron chi connectivity index (χ4n) is 4.37. The monoisotopic (exact) mass is 512 g/mol. The minimum absolute atomic E-state index is 0.0996. The Morgan fingerprint density at radius 1 is 1.22 bits per heavy atom. The summed E-state index contributed by atoms with van der Waals surface area (Å²) in [5.41, 5.74) is 5.42. The zero-order chi connectivity index (χ0) is 22.8. The highest BCUT2D eigenvalue weighted by atomic mass is 79.9. The van der Waals surface area contributed by atoms with Gasteiger partial charge in [0.15, 0.2) is 5.11 Å². The van der Waals surface area contributed by atoms with E-state index in [1.165, 1.54) is 7.11 Å². The number of carbonyl (C=O) groups excluding carboxylic acids is 1. The van der Waals surface area contributed by atoms with Gasteiger partial charge in [0, 0.05) is 34.3 Å². The molecule has 0 aliphatic carbocycles. The number of methoxy groups -OCH3 is 1. The van der Waals surface area contributed by atoms with Gasteiger partial charge in [-0.2, -0.15) is 0 Å². The van der Waals surface area contributed by atoms with Gasteiger partial charge in [0.25, 0.3) is 0 Å². The van der Waals surface area contributed by atoms with Crippen LogP contribution in [0.3, 0.4) is 0 Å². The van der Waals surface area contributed by atoms with Crippen molar-refractivity contribution in [2.24, 2.45) is 0 Å². The van der Waals surface area contributed by atoms with Crippen molar-refractivity contribution in [3.63, 3.8) is 0 Å². The Labute approximate surface area is 201 Å². The van der Waals surface area contributed by atoms with Crippen molar-refractivity contribution >= 4 is 39.2 Å². The van der Waals surface area contributed by atoms with Crippen LogP contribution in [0.5, 0.6) is 0 Å². The van der Waals surface area contributed by atoms with E-state index in [-0.39, 0.29) is 24.5 Å². The van der Waals surface area contributed by atoms with Gasteiger partial charge in [-0.25, -0.2) is 0 Å². The maximum atomic E-state index is 11.9. The molecule has 4 rings (SSSR count). The Morgan fingerprint density at radius 3 is 2.62 bits per heavy atom. The number of aromatic nitrogens is 2. The summed E-state index contributed by atoms with van der Waals surface area (Å²) in [7, 11) is 1.41. The number of nitrogens with zero attached hydrogens (tertiary/aromatic N) is 3. The van der Waals surface area contributed by atoms with Crippen molar-refractivity contribution < 1.29 is 9.53 Å². The third kappa shape index (κ3) is 4.29. The Balaban J connectivity index is 1.78. The Morgan fingerprint density at radius 2 is 1.97 bits per heavy atom. The molecule has 32 heavy (non-hydrogen) atoms. The molecule has 1 aromatic carbocycles. The van der Waals surface area contributed by atoms with Crippen LogP contribution in [0, 0.1) is 13.8 Å². The topological polar surface area (TPSA) is 59.4 Å². The molecule has 0 saturated carbocycles. The summed E-state index contributed by atoms with van der Waals surface area (Å²) < 4.78 is 8.15. The summed E-state index contributed by atoms with van der Waals surface area (Å²) in [5.74, 6) is -0.256. The van der Waals surface area contributed by atoms with Crippen molar-refractivity contribution in [1.82, 2.24) is 19.8 Å². The quantitative estimate of drug-likeness (QED) is 0.378. The average Bonchev–Trinajstić information content (AvgIpc) is 3.28. The number of hydrogen-bond donors (Lipinski definition) is 1. The number of carbonyl (C=O) groups is 1. The molecule has 0 radical (unpaired) electrons. The second kappa shape index (κ2) is 9.42. The maximum Gasteiger partial charge on any atom is 0.307 e. The lowest BCUT2D eigenvalue weighted by atomic mass is 9.96. The van der Waals surface area contributed by atoms with Crippen LogP contribution in [0.1, 0.15) is 41.1 Å². The zero-order valence-corrected chi connectivity index (χ0v) is 20.6. The highest BCUT2D eigenvalue weighted by Crippen LogP contribution is 2.41. The van der Waals surface area contributed by atoms with Crippen LogP contribution in [0.4, 0.5) is 0 Å². The molecule has 3 aromatic rings. The summed E-state index contributed by atoms with van der Waals surface area (Å²) in [6.45, 7) is 4.70. The van der Waals surface area contributed by atoms with Gasteiger partial charge in [0.1, 0.15) is 0 Å². The Bertz CT molecular complexity index is 1130. The van der Waals surface area contributed by atoms with Crippen molar-refractivity contribution in [2.45, 2.75) is 32.4 Å². The first-order chi connectivity index (χ1) is 15.4. The molecule has 3 heterocycles.